The number of aryl methyl sites for hydroxylation is 1. The summed E-state index contributed by atoms with van der Waals surface area (Å²) in [6.07, 6.45) is 3.23. The molecule has 0 spiro atoms. The van der Waals surface area contributed by atoms with Crippen LogP contribution in [0.15, 0.2) is 18.5 Å². The van der Waals surface area contributed by atoms with Crippen molar-refractivity contribution in [1.29, 1.82) is 0 Å². The molecule has 0 radical (unpaired) electrons. The molecule has 3 N–H and O–H groups in total. The van der Waals surface area contributed by atoms with Gasteiger partial charge in [0, 0.05) is 17.3 Å². The minimum Gasteiger partial charge on any atom is -0.465 e. The maximum atomic E-state index is 11.5. The van der Waals surface area contributed by atoms with Crippen molar-refractivity contribution < 1.29 is 9.53 Å². The van der Waals surface area contributed by atoms with Gasteiger partial charge in [0.1, 0.15) is 0 Å². The van der Waals surface area contributed by atoms with Gasteiger partial charge in [0.2, 0.25) is 0 Å². The lowest BCUT2D eigenvalue weighted by Gasteiger charge is -2.08. The van der Waals surface area contributed by atoms with Gasteiger partial charge >= 0.3 is 5.97 Å². The van der Waals surface area contributed by atoms with E-state index >= 15 is 0 Å². The Labute approximate surface area is 108 Å². The summed E-state index contributed by atoms with van der Waals surface area (Å²) < 4.78 is 4.64. The van der Waals surface area contributed by atoms with Crippen molar-refractivity contribution in [2.24, 2.45) is 0 Å². The second-order valence-corrected chi connectivity index (χ2v) is 4.75. The van der Waals surface area contributed by atoms with Crippen molar-refractivity contribution in [1.82, 2.24) is 9.97 Å². The van der Waals surface area contributed by atoms with Gasteiger partial charge in [-0.05, 0) is 13.0 Å². The Balaban J connectivity index is 2.31. The lowest BCUT2D eigenvalue weighted by Crippen LogP contribution is -2.08. The molecule has 6 nitrogen and oxygen atoms in total. The first-order valence-corrected chi connectivity index (χ1v) is 5.95. The van der Waals surface area contributed by atoms with Crippen LogP contribution in [0.2, 0.25) is 0 Å². The quantitative estimate of drug-likeness (QED) is 0.823. The Morgan fingerprint density at radius 3 is 2.89 bits per heavy atom. The zero-order valence-electron chi connectivity index (χ0n) is 9.93. The number of hydrogen-bond donors (Lipinski definition) is 2. The molecule has 0 amide bonds. The van der Waals surface area contributed by atoms with Crippen molar-refractivity contribution in [3.05, 3.63) is 28.9 Å². The summed E-state index contributed by atoms with van der Waals surface area (Å²) in [6.45, 7) is 1.95. The van der Waals surface area contributed by atoms with Gasteiger partial charge in [0.15, 0.2) is 10.9 Å². The number of nitrogens with one attached hydrogen (secondary N) is 1. The molecule has 0 aliphatic heterocycles. The number of ether oxygens (including phenoxy) is 1. The number of rotatable bonds is 3. The smallest absolute Gasteiger partial charge is 0.340 e. The third kappa shape index (κ3) is 2.40. The first kappa shape index (κ1) is 12.3. The molecule has 2 aromatic heterocycles. The summed E-state index contributed by atoms with van der Waals surface area (Å²) in [7, 11) is 1.31. The maximum absolute atomic E-state index is 11.5. The number of esters is 1. The van der Waals surface area contributed by atoms with Crippen molar-refractivity contribution in [3.8, 4) is 0 Å². The van der Waals surface area contributed by atoms with Crippen LogP contribution in [0.1, 0.15) is 15.2 Å². The molecular formula is C11H12N4O2S. The summed E-state index contributed by atoms with van der Waals surface area (Å²) in [4.78, 5) is 20.8. The van der Waals surface area contributed by atoms with E-state index in [1.165, 1.54) is 30.7 Å². The number of anilines is 3. The van der Waals surface area contributed by atoms with E-state index < -0.39 is 5.97 Å². The minimum absolute atomic E-state index is 0.247. The Kier molecular flexibility index (Phi) is 3.42. The van der Waals surface area contributed by atoms with Crippen molar-refractivity contribution >= 4 is 33.9 Å². The summed E-state index contributed by atoms with van der Waals surface area (Å²) in [5.41, 5.74) is 6.39. The molecule has 7 heteroatoms. The summed E-state index contributed by atoms with van der Waals surface area (Å²) in [5.74, 6) is -0.0967. The van der Waals surface area contributed by atoms with Crippen LogP contribution < -0.4 is 11.1 Å². The first-order chi connectivity index (χ1) is 8.61. The molecule has 2 rings (SSSR count). The lowest BCUT2D eigenvalue weighted by atomic mass is 10.2. The van der Waals surface area contributed by atoms with Crippen LogP contribution in [0.4, 0.5) is 16.6 Å². The number of carbonyl (C=O) groups is 1. The fourth-order valence-electron chi connectivity index (χ4n) is 1.37. The maximum Gasteiger partial charge on any atom is 0.340 e. The largest absolute Gasteiger partial charge is 0.465 e. The molecule has 0 saturated heterocycles. The molecule has 2 aromatic rings. The zero-order valence-corrected chi connectivity index (χ0v) is 10.7. The van der Waals surface area contributed by atoms with Gasteiger partial charge in [-0.1, -0.05) is 0 Å². The number of aromatic nitrogens is 2. The molecule has 0 aromatic carbocycles. The zero-order chi connectivity index (χ0) is 13.1. The summed E-state index contributed by atoms with van der Waals surface area (Å²) in [5, 5.41) is 3.65. The highest BCUT2D eigenvalue weighted by atomic mass is 32.1. The predicted octanol–water partition coefficient (Wildman–Crippen LogP) is 1.96. The highest BCUT2D eigenvalue weighted by molar-refractivity contribution is 7.15. The van der Waals surface area contributed by atoms with E-state index in [1.54, 1.807) is 6.20 Å². The monoisotopic (exact) mass is 264 g/mol. The van der Waals surface area contributed by atoms with Gasteiger partial charge in [0.05, 0.1) is 18.4 Å². The van der Waals surface area contributed by atoms with E-state index in [0.717, 1.165) is 4.88 Å². The van der Waals surface area contributed by atoms with Crippen molar-refractivity contribution in [3.63, 3.8) is 0 Å². The number of carbonyl (C=O) groups excluding carboxylic acids is 1. The number of nitrogens with zero attached hydrogens (tertiary/aromatic N) is 2. The minimum atomic E-state index is -0.492. The highest BCUT2D eigenvalue weighted by Crippen LogP contribution is 2.26. The van der Waals surface area contributed by atoms with E-state index in [-0.39, 0.29) is 11.3 Å². The fraction of sp³-hybridized carbons (Fsp3) is 0.182. The van der Waals surface area contributed by atoms with Crippen LogP contribution in [0, 0.1) is 6.92 Å². The number of thiazole rings is 1. The molecule has 18 heavy (non-hydrogen) atoms. The second-order valence-electron chi connectivity index (χ2n) is 3.51. The normalized spacial score (nSPS) is 10.1. The Bertz CT molecular complexity index is 582. The van der Waals surface area contributed by atoms with Crippen LogP contribution in [0.25, 0.3) is 0 Å². The van der Waals surface area contributed by atoms with Crippen LogP contribution in [-0.4, -0.2) is 23.0 Å². The number of methoxy groups -OCH3 is 1. The molecule has 0 unspecified atom stereocenters. The van der Waals surface area contributed by atoms with Crippen LogP contribution >= 0.6 is 11.3 Å². The highest BCUT2D eigenvalue weighted by Gasteiger charge is 2.14. The average molecular weight is 264 g/mol. The second kappa shape index (κ2) is 5.01. The molecular weight excluding hydrogens is 252 g/mol. The average Bonchev–Trinajstić information content (AvgIpc) is 2.76. The summed E-state index contributed by atoms with van der Waals surface area (Å²) >= 11 is 1.48. The summed E-state index contributed by atoms with van der Waals surface area (Å²) in [6, 6.07) is 1.51. The van der Waals surface area contributed by atoms with E-state index in [9.17, 15) is 4.79 Å². The number of hydrogen-bond acceptors (Lipinski definition) is 7. The third-order valence-electron chi connectivity index (χ3n) is 2.24. The van der Waals surface area contributed by atoms with Crippen LogP contribution in [0.3, 0.4) is 0 Å². The van der Waals surface area contributed by atoms with Crippen LogP contribution in [0.5, 0.6) is 0 Å². The standard InChI is InChI=1S/C11H12N4O2S/c1-6-5-14-11(18-6)15-9-8(12)7(3-4-13-9)10(16)17-2/h3-5H,12H2,1-2H3,(H,13,14,15). The molecule has 0 fully saturated rings. The van der Waals surface area contributed by atoms with Gasteiger partial charge in [-0.25, -0.2) is 14.8 Å². The third-order valence-corrected chi connectivity index (χ3v) is 3.07. The van der Waals surface area contributed by atoms with E-state index in [1.807, 2.05) is 6.92 Å². The number of pyridine rings is 1. The Morgan fingerprint density at radius 2 is 2.28 bits per heavy atom. The van der Waals surface area contributed by atoms with E-state index in [2.05, 4.69) is 20.0 Å². The van der Waals surface area contributed by atoms with E-state index in [4.69, 9.17) is 5.73 Å². The predicted molar refractivity (Wildman–Crippen MR) is 70.1 cm³/mol. The van der Waals surface area contributed by atoms with Crippen molar-refractivity contribution in [2.45, 2.75) is 6.92 Å². The van der Waals surface area contributed by atoms with E-state index in [0.29, 0.717) is 10.9 Å². The molecule has 94 valence electrons. The molecule has 0 aliphatic rings. The molecule has 0 aliphatic carbocycles. The first-order valence-electron chi connectivity index (χ1n) is 5.14. The number of nitrogen functional groups attached to an aromatic ring is 1. The SMILES string of the molecule is COC(=O)c1ccnc(Nc2ncc(C)s2)c1N. The molecule has 2 heterocycles. The van der Waals surface area contributed by atoms with Crippen LogP contribution in [-0.2, 0) is 4.74 Å². The van der Waals surface area contributed by atoms with Crippen molar-refractivity contribution in [2.75, 3.05) is 18.2 Å². The van der Waals surface area contributed by atoms with Gasteiger partial charge in [0.25, 0.3) is 0 Å². The van der Waals surface area contributed by atoms with Gasteiger partial charge < -0.3 is 15.8 Å². The molecule has 0 atom stereocenters. The Hall–Kier alpha value is -2.15. The topological polar surface area (TPSA) is 90.1 Å². The number of nitrogens with two attached hydrogens (primary N) is 1. The molecule has 0 saturated carbocycles. The Morgan fingerprint density at radius 1 is 1.50 bits per heavy atom. The molecule has 0 bridgehead atoms. The fourth-order valence-corrected chi connectivity index (χ4v) is 2.04. The van der Waals surface area contributed by atoms with Gasteiger partial charge in [-0.2, -0.15) is 0 Å². The van der Waals surface area contributed by atoms with Gasteiger partial charge in [-0.3, -0.25) is 0 Å². The lowest BCUT2D eigenvalue weighted by molar-refractivity contribution is 0.0602. The van der Waals surface area contributed by atoms with Gasteiger partial charge in [-0.15, -0.1) is 11.3 Å².